The Bertz CT molecular complexity index is 721. The van der Waals surface area contributed by atoms with Crippen molar-refractivity contribution in [3.63, 3.8) is 0 Å². The standard InChI is InChI=1S/C21H30N2O4.ClH/c1-3-26-19-9-14-8-13(2)27-18(14)11-16(19)15-10-17(15)23-20(24)21(12-22)4-6-25-7-5-21;/h9,11,13,15,17H,3-8,10,12,22H2,1-2H3,(H,23,24);1H. The fourth-order valence-electron chi connectivity index (χ4n) is 4.33. The zero-order chi connectivity index (χ0) is 19.0. The molecule has 4 rings (SSSR count). The topological polar surface area (TPSA) is 82.8 Å². The van der Waals surface area contributed by atoms with Gasteiger partial charge in [-0.15, -0.1) is 12.4 Å². The van der Waals surface area contributed by atoms with Crippen molar-refractivity contribution in [1.29, 1.82) is 0 Å². The van der Waals surface area contributed by atoms with Gasteiger partial charge in [-0.3, -0.25) is 4.79 Å². The van der Waals surface area contributed by atoms with Crippen LogP contribution in [0.3, 0.4) is 0 Å². The van der Waals surface area contributed by atoms with Gasteiger partial charge in [-0.05, 0) is 45.2 Å². The van der Waals surface area contributed by atoms with E-state index in [0.717, 1.165) is 29.9 Å². The van der Waals surface area contributed by atoms with E-state index in [1.54, 1.807) is 0 Å². The maximum atomic E-state index is 12.9. The Hall–Kier alpha value is -1.50. The second kappa shape index (κ2) is 8.47. The minimum Gasteiger partial charge on any atom is -0.494 e. The first-order chi connectivity index (χ1) is 13.1. The maximum Gasteiger partial charge on any atom is 0.227 e. The molecule has 3 N–H and O–H groups in total. The quantitative estimate of drug-likeness (QED) is 0.753. The van der Waals surface area contributed by atoms with E-state index in [2.05, 4.69) is 24.4 Å². The number of hydrogen-bond donors (Lipinski definition) is 2. The molecule has 1 aromatic rings. The van der Waals surface area contributed by atoms with Crippen molar-refractivity contribution in [2.24, 2.45) is 11.1 Å². The van der Waals surface area contributed by atoms with E-state index in [4.69, 9.17) is 19.9 Å². The van der Waals surface area contributed by atoms with Gasteiger partial charge in [0, 0.05) is 49.3 Å². The molecule has 2 fully saturated rings. The van der Waals surface area contributed by atoms with Gasteiger partial charge in [0.1, 0.15) is 17.6 Å². The van der Waals surface area contributed by atoms with E-state index in [-0.39, 0.29) is 36.4 Å². The highest BCUT2D eigenvalue weighted by Gasteiger charge is 2.46. The highest BCUT2D eigenvalue weighted by atomic mass is 35.5. The highest BCUT2D eigenvalue weighted by Crippen LogP contribution is 2.48. The van der Waals surface area contributed by atoms with Crippen LogP contribution in [0.4, 0.5) is 0 Å². The molecule has 28 heavy (non-hydrogen) atoms. The Morgan fingerprint density at radius 1 is 1.36 bits per heavy atom. The van der Waals surface area contributed by atoms with Crippen LogP contribution in [0.25, 0.3) is 0 Å². The third-order valence-corrected chi connectivity index (χ3v) is 6.16. The van der Waals surface area contributed by atoms with Crippen LogP contribution in [0.2, 0.25) is 0 Å². The third-order valence-electron chi connectivity index (χ3n) is 6.16. The molecular weight excluding hydrogens is 380 g/mol. The van der Waals surface area contributed by atoms with Crippen molar-refractivity contribution < 1.29 is 19.0 Å². The highest BCUT2D eigenvalue weighted by molar-refractivity contribution is 5.85. The molecule has 1 aromatic carbocycles. The summed E-state index contributed by atoms with van der Waals surface area (Å²) in [6, 6.07) is 4.38. The summed E-state index contributed by atoms with van der Waals surface area (Å²) in [5, 5.41) is 3.24. The van der Waals surface area contributed by atoms with Gasteiger partial charge < -0.3 is 25.3 Å². The Morgan fingerprint density at radius 3 is 2.79 bits per heavy atom. The molecule has 0 bridgehead atoms. The first-order valence-corrected chi connectivity index (χ1v) is 10.1. The summed E-state index contributed by atoms with van der Waals surface area (Å²) in [6.45, 7) is 6.29. The summed E-state index contributed by atoms with van der Waals surface area (Å²) in [4.78, 5) is 12.9. The molecule has 6 nitrogen and oxygen atoms in total. The molecule has 2 aliphatic heterocycles. The maximum absolute atomic E-state index is 12.9. The van der Waals surface area contributed by atoms with Crippen LogP contribution in [0.5, 0.6) is 11.5 Å². The molecule has 3 aliphatic rings. The van der Waals surface area contributed by atoms with Gasteiger partial charge >= 0.3 is 0 Å². The number of halogens is 1. The fraction of sp³-hybridized carbons (Fsp3) is 0.667. The lowest BCUT2D eigenvalue weighted by molar-refractivity contribution is -0.136. The van der Waals surface area contributed by atoms with Crippen LogP contribution < -0.4 is 20.5 Å². The molecule has 0 spiro atoms. The molecule has 1 aliphatic carbocycles. The number of benzene rings is 1. The van der Waals surface area contributed by atoms with E-state index in [1.807, 2.05) is 6.92 Å². The normalized spacial score (nSPS) is 27.2. The molecular formula is C21H31ClN2O4. The average Bonchev–Trinajstić information content (AvgIpc) is 3.33. The van der Waals surface area contributed by atoms with Crippen LogP contribution in [-0.2, 0) is 16.0 Å². The first kappa shape index (κ1) is 21.2. The number of carbonyl (C=O) groups excluding carboxylic acids is 1. The summed E-state index contributed by atoms with van der Waals surface area (Å²) in [7, 11) is 0. The van der Waals surface area contributed by atoms with Crippen molar-refractivity contribution in [1.82, 2.24) is 5.32 Å². The van der Waals surface area contributed by atoms with Gasteiger partial charge in [0.15, 0.2) is 0 Å². The first-order valence-electron chi connectivity index (χ1n) is 10.1. The van der Waals surface area contributed by atoms with Gasteiger partial charge in [-0.1, -0.05) is 0 Å². The summed E-state index contributed by atoms with van der Waals surface area (Å²) in [5.74, 6) is 2.23. The van der Waals surface area contributed by atoms with Gasteiger partial charge in [-0.25, -0.2) is 0 Å². The minimum absolute atomic E-state index is 0. The summed E-state index contributed by atoms with van der Waals surface area (Å²) in [6.07, 6.45) is 3.44. The zero-order valence-corrected chi connectivity index (χ0v) is 17.5. The van der Waals surface area contributed by atoms with Crippen molar-refractivity contribution >= 4 is 18.3 Å². The average molecular weight is 411 g/mol. The molecule has 0 aromatic heterocycles. The largest absolute Gasteiger partial charge is 0.494 e. The molecule has 1 amide bonds. The molecule has 2 heterocycles. The zero-order valence-electron chi connectivity index (χ0n) is 16.7. The molecule has 3 atom stereocenters. The Morgan fingerprint density at radius 2 is 2.11 bits per heavy atom. The van der Waals surface area contributed by atoms with Crippen LogP contribution in [-0.4, -0.2) is 44.4 Å². The van der Waals surface area contributed by atoms with Crippen LogP contribution >= 0.6 is 12.4 Å². The van der Waals surface area contributed by atoms with Crippen LogP contribution in [0, 0.1) is 5.41 Å². The lowest BCUT2D eigenvalue weighted by Gasteiger charge is -2.34. The second-order valence-electron chi connectivity index (χ2n) is 8.08. The van der Waals surface area contributed by atoms with E-state index >= 15 is 0 Å². The fourth-order valence-corrected chi connectivity index (χ4v) is 4.33. The van der Waals surface area contributed by atoms with Crippen LogP contribution in [0.1, 0.15) is 50.2 Å². The number of nitrogens with two attached hydrogens (primary N) is 1. The lowest BCUT2D eigenvalue weighted by Crippen LogP contribution is -2.49. The predicted molar refractivity (Wildman–Crippen MR) is 109 cm³/mol. The molecule has 3 unspecified atom stereocenters. The number of rotatable bonds is 6. The van der Waals surface area contributed by atoms with Crippen molar-refractivity contribution in [3.05, 3.63) is 23.3 Å². The lowest BCUT2D eigenvalue weighted by atomic mass is 9.79. The molecule has 7 heteroatoms. The number of ether oxygens (including phenoxy) is 3. The van der Waals surface area contributed by atoms with Crippen molar-refractivity contribution in [2.45, 2.75) is 57.6 Å². The number of hydrogen-bond acceptors (Lipinski definition) is 5. The second-order valence-corrected chi connectivity index (χ2v) is 8.08. The van der Waals surface area contributed by atoms with Crippen molar-refractivity contribution in [2.75, 3.05) is 26.4 Å². The van der Waals surface area contributed by atoms with Gasteiger partial charge in [0.25, 0.3) is 0 Å². The monoisotopic (exact) mass is 410 g/mol. The number of amides is 1. The molecule has 1 saturated heterocycles. The Balaban J connectivity index is 0.00000225. The minimum atomic E-state index is -0.482. The molecule has 0 radical (unpaired) electrons. The Labute approximate surface area is 172 Å². The number of nitrogens with one attached hydrogen (secondary N) is 1. The summed E-state index contributed by atoms with van der Waals surface area (Å²) >= 11 is 0. The molecule has 156 valence electrons. The van der Waals surface area contributed by atoms with Gasteiger partial charge in [0.2, 0.25) is 5.91 Å². The Kier molecular flexibility index (Phi) is 6.42. The number of fused-ring (bicyclic) bond motifs is 1. The summed E-state index contributed by atoms with van der Waals surface area (Å²) in [5.41, 5.74) is 7.84. The van der Waals surface area contributed by atoms with E-state index < -0.39 is 5.41 Å². The third kappa shape index (κ3) is 3.95. The summed E-state index contributed by atoms with van der Waals surface area (Å²) < 4.78 is 17.3. The van der Waals surface area contributed by atoms with E-state index in [1.165, 1.54) is 5.56 Å². The van der Waals surface area contributed by atoms with Gasteiger partial charge in [-0.2, -0.15) is 0 Å². The molecule has 1 saturated carbocycles. The smallest absolute Gasteiger partial charge is 0.227 e. The van der Waals surface area contributed by atoms with E-state index in [0.29, 0.717) is 39.2 Å². The van der Waals surface area contributed by atoms with Crippen molar-refractivity contribution in [3.8, 4) is 11.5 Å². The van der Waals surface area contributed by atoms with Crippen LogP contribution in [0.15, 0.2) is 12.1 Å². The number of carbonyl (C=O) groups is 1. The van der Waals surface area contributed by atoms with Gasteiger partial charge in [0.05, 0.1) is 12.0 Å². The van der Waals surface area contributed by atoms with E-state index in [9.17, 15) is 4.79 Å². The predicted octanol–water partition coefficient (Wildman–Crippen LogP) is 2.56. The SMILES string of the molecule is CCOc1cc2c(cc1C1CC1NC(=O)C1(CN)CCOCC1)OC(C)C2.Cl.